The number of rotatable bonds is 3. The number of hydrogen-bond acceptors (Lipinski definition) is 3. The number of hydrogen-bond donors (Lipinski definition) is 0. The molecule has 0 radical (unpaired) electrons. The highest BCUT2D eigenvalue weighted by Crippen LogP contribution is 2.08. The molecule has 1 rings (SSSR count). The minimum Gasteiger partial charge on any atom is -0.442 e. The van der Waals surface area contributed by atoms with Crippen LogP contribution in [0.5, 0.6) is 0 Å². The molecule has 0 N–H and O–H groups in total. The molecular weight excluding hydrogens is 158 g/mol. The van der Waals surface area contributed by atoms with Gasteiger partial charge in [0.2, 0.25) is 0 Å². The Hall–Kier alpha value is -1.21. The topological polar surface area (TPSA) is 38.8 Å². The predicted octanol–water partition coefficient (Wildman–Crippen LogP) is 0.0868. The molecule has 4 heteroatoms. The van der Waals surface area contributed by atoms with Crippen LogP contribution in [0, 0.1) is 12.3 Å². The van der Waals surface area contributed by atoms with Crippen molar-refractivity contribution in [2.45, 2.75) is 6.10 Å². The van der Waals surface area contributed by atoms with Crippen molar-refractivity contribution in [1.29, 1.82) is 0 Å². The van der Waals surface area contributed by atoms with E-state index in [-0.39, 0.29) is 18.8 Å². The molecule has 0 spiro atoms. The van der Waals surface area contributed by atoms with Crippen LogP contribution >= 0.6 is 0 Å². The molecule has 0 saturated carbocycles. The monoisotopic (exact) mass is 169 g/mol. The van der Waals surface area contributed by atoms with Crippen molar-refractivity contribution >= 4 is 6.09 Å². The minimum absolute atomic E-state index is 0.171. The molecule has 1 heterocycles. The zero-order valence-electron chi connectivity index (χ0n) is 6.95. The highest BCUT2D eigenvalue weighted by molar-refractivity contribution is 5.69. The highest BCUT2D eigenvalue weighted by Gasteiger charge is 2.27. The van der Waals surface area contributed by atoms with Crippen LogP contribution in [0.2, 0.25) is 0 Å². The van der Waals surface area contributed by atoms with Crippen LogP contribution in [-0.4, -0.2) is 43.9 Å². The van der Waals surface area contributed by atoms with E-state index in [4.69, 9.17) is 15.9 Å². The Morgan fingerprint density at radius 3 is 3.17 bits per heavy atom. The Labute approximate surface area is 71.4 Å². The molecule has 1 fully saturated rings. The summed E-state index contributed by atoms with van der Waals surface area (Å²) in [6.45, 7) is 1.21. The van der Waals surface area contributed by atoms with Crippen LogP contribution < -0.4 is 0 Å². The molecule has 12 heavy (non-hydrogen) atoms. The first-order valence-corrected chi connectivity index (χ1v) is 3.67. The van der Waals surface area contributed by atoms with Gasteiger partial charge in [-0.1, -0.05) is 5.92 Å². The second-order valence-corrected chi connectivity index (χ2v) is 2.61. The van der Waals surface area contributed by atoms with E-state index < -0.39 is 0 Å². The van der Waals surface area contributed by atoms with E-state index in [0.29, 0.717) is 13.2 Å². The molecule has 0 bridgehead atoms. The third-order valence-electron chi connectivity index (χ3n) is 1.55. The van der Waals surface area contributed by atoms with Gasteiger partial charge in [0.05, 0.1) is 13.2 Å². The molecule has 1 aliphatic rings. The summed E-state index contributed by atoms with van der Waals surface area (Å²) in [7, 11) is 1.68. The molecule has 1 aliphatic heterocycles. The van der Waals surface area contributed by atoms with Crippen LogP contribution in [0.1, 0.15) is 0 Å². The quantitative estimate of drug-likeness (QED) is 0.444. The Bertz CT molecular complexity index is 209. The fraction of sp³-hybridized carbons (Fsp3) is 0.625. The third-order valence-corrected chi connectivity index (χ3v) is 1.55. The lowest BCUT2D eigenvalue weighted by Crippen LogP contribution is -2.22. The van der Waals surface area contributed by atoms with Crippen LogP contribution in [0.15, 0.2) is 0 Å². The van der Waals surface area contributed by atoms with Gasteiger partial charge in [-0.05, 0) is 0 Å². The number of carbonyl (C=O) groups is 1. The first kappa shape index (κ1) is 8.88. The maximum Gasteiger partial charge on any atom is 0.410 e. The number of nitrogens with zero attached hydrogens (tertiary/aromatic N) is 1. The molecule has 0 aromatic carbocycles. The summed E-state index contributed by atoms with van der Waals surface area (Å²) in [5, 5.41) is 0. The molecule has 0 aliphatic carbocycles. The summed E-state index contributed by atoms with van der Waals surface area (Å²) >= 11 is 0. The lowest BCUT2D eigenvalue weighted by Gasteiger charge is -2.06. The minimum atomic E-state index is -0.302. The molecular formula is C8H11NO3. The Balaban J connectivity index is 2.20. The standard InChI is InChI=1S/C8H11NO3/c1-3-4-11-6-7-5-9(2)8(10)12-7/h1,7H,4-6H2,2H3/t7-/m0/s1. The number of ether oxygens (including phenoxy) is 2. The number of cyclic esters (lactones) is 1. The summed E-state index contributed by atoms with van der Waals surface area (Å²) in [5.74, 6) is 2.34. The molecule has 1 amide bonds. The van der Waals surface area contributed by atoms with E-state index in [1.807, 2.05) is 0 Å². The fourth-order valence-electron chi connectivity index (χ4n) is 0.986. The fourth-order valence-corrected chi connectivity index (χ4v) is 0.986. The predicted molar refractivity (Wildman–Crippen MR) is 42.6 cm³/mol. The summed E-state index contributed by atoms with van der Waals surface area (Å²) < 4.78 is 9.94. The number of likely N-dealkylation sites (N-methyl/N-ethyl adjacent to an activating group) is 1. The summed E-state index contributed by atoms with van der Waals surface area (Å²) in [6, 6.07) is 0. The van der Waals surface area contributed by atoms with Gasteiger partial charge in [0.25, 0.3) is 0 Å². The first-order valence-electron chi connectivity index (χ1n) is 3.67. The van der Waals surface area contributed by atoms with Crippen LogP contribution in [0.25, 0.3) is 0 Å². The van der Waals surface area contributed by atoms with Crippen LogP contribution in [-0.2, 0) is 9.47 Å². The SMILES string of the molecule is C#CCOC[C@@H]1CN(C)C(=O)O1. The third kappa shape index (κ3) is 2.14. The van der Waals surface area contributed by atoms with Gasteiger partial charge in [-0.2, -0.15) is 0 Å². The van der Waals surface area contributed by atoms with Crippen LogP contribution in [0.3, 0.4) is 0 Å². The van der Waals surface area contributed by atoms with E-state index in [9.17, 15) is 4.79 Å². The van der Waals surface area contributed by atoms with Crippen molar-refractivity contribution in [3.63, 3.8) is 0 Å². The zero-order chi connectivity index (χ0) is 8.97. The first-order chi connectivity index (χ1) is 5.74. The average molecular weight is 169 g/mol. The van der Waals surface area contributed by atoms with Crippen molar-refractivity contribution in [2.24, 2.45) is 0 Å². The molecule has 0 aromatic heterocycles. The van der Waals surface area contributed by atoms with Crippen molar-refractivity contribution in [3.05, 3.63) is 0 Å². The molecule has 1 saturated heterocycles. The van der Waals surface area contributed by atoms with Crippen molar-refractivity contribution in [1.82, 2.24) is 4.90 Å². The largest absolute Gasteiger partial charge is 0.442 e. The van der Waals surface area contributed by atoms with Crippen LogP contribution in [0.4, 0.5) is 4.79 Å². The summed E-state index contributed by atoms with van der Waals surface area (Å²) in [4.78, 5) is 12.3. The van der Waals surface area contributed by atoms with Crippen molar-refractivity contribution in [3.8, 4) is 12.3 Å². The van der Waals surface area contributed by atoms with Gasteiger partial charge < -0.3 is 14.4 Å². The van der Waals surface area contributed by atoms with Crippen molar-refractivity contribution < 1.29 is 14.3 Å². The number of amides is 1. The molecule has 0 unspecified atom stereocenters. The zero-order valence-corrected chi connectivity index (χ0v) is 6.95. The second-order valence-electron chi connectivity index (χ2n) is 2.61. The van der Waals surface area contributed by atoms with E-state index in [0.717, 1.165) is 0 Å². The average Bonchev–Trinajstić information content (AvgIpc) is 2.32. The highest BCUT2D eigenvalue weighted by atomic mass is 16.6. The van der Waals surface area contributed by atoms with Gasteiger partial charge in [0, 0.05) is 7.05 Å². The molecule has 4 nitrogen and oxygen atoms in total. The Morgan fingerprint density at radius 2 is 2.67 bits per heavy atom. The number of carbonyl (C=O) groups excluding carboxylic acids is 1. The lowest BCUT2D eigenvalue weighted by molar-refractivity contribution is 0.0598. The van der Waals surface area contributed by atoms with E-state index >= 15 is 0 Å². The number of terminal acetylenes is 1. The Kier molecular flexibility index (Phi) is 2.94. The summed E-state index contributed by atoms with van der Waals surface area (Å²) in [6.07, 6.45) is 4.50. The smallest absolute Gasteiger partial charge is 0.410 e. The molecule has 0 aromatic rings. The van der Waals surface area contributed by atoms with Gasteiger partial charge >= 0.3 is 6.09 Å². The normalized spacial score (nSPS) is 22.2. The van der Waals surface area contributed by atoms with Gasteiger partial charge in [-0.3, -0.25) is 0 Å². The lowest BCUT2D eigenvalue weighted by atomic mass is 10.4. The maximum absolute atomic E-state index is 10.8. The molecule has 66 valence electrons. The molecule has 1 atom stereocenters. The second kappa shape index (κ2) is 3.98. The maximum atomic E-state index is 10.8. The van der Waals surface area contributed by atoms with Gasteiger partial charge in [0.15, 0.2) is 0 Å². The Morgan fingerprint density at radius 1 is 1.92 bits per heavy atom. The van der Waals surface area contributed by atoms with Crippen molar-refractivity contribution in [2.75, 3.05) is 26.8 Å². The van der Waals surface area contributed by atoms with Gasteiger partial charge in [-0.25, -0.2) is 4.79 Å². The summed E-state index contributed by atoms with van der Waals surface area (Å²) in [5.41, 5.74) is 0. The van der Waals surface area contributed by atoms with Gasteiger partial charge in [0.1, 0.15) is 12.7 Å². The van der Waals surface area contributed by atoms with E-state index in [1.165, 1.54) is 4.90 Å². The van der Waals surface area contributed by atoms with Gasteiger partial charge in [-0.15, -0.1) is 6.42 Å². The van der Waals surface area contributed by atoms with E-state index in [2.05, 4.69) is 5.92 Å². The van der Waals surface area contributed by atoms with E-state index in [1.54, 1.807) is 7.05 Å².